The van der Waals surface area contributed by atoms with Gasteiger partial charge < -0.3 is 20.7 Å². The number of carbonyl (C=O) groups excluding carboxylic acids is 1. The van der Waals surface area contributed by atoms with Crippen LogP contribution in [0, 0.1) is 6.92 Å². The number of benzene rings is 1. The van der Waals surface area contributed by atoms with Gasteiger partial charge in [-0.15, -0.1) is 0 Å². The predicted molar refractivity (Wildman–Crippen MR) is 88.9 cm³/mol. The number of rotatable bonds is 4. The van der Waals surface area contributed by atoms with Crippen molar-refractivity contribution in [1.82, 2.24) is 10.3 Å². The van der Waals surface area contributed by atoms with Gasteiger partial charge in [-0.25, -0.2) is 4.79 Å². The van der Waals surface area contributed by atoms with Crippen LogP contribution in [0.15, 0.2) is 24.4 Å². The SMILES string of the molecule is Cc1cc(CNC(=O)Nc2c(Cl)cc([C@@H](O)C(F)(F)F)cc2Cl)c[nH]1. The molecule has 0 spiro atoms. The Hall–Kier alpha value is -1.90. The lowest BCUT2D eigenvalue weighted by atomic mass is 10.1. The molecule has 2 aromatic rings. The fraction of sp³-hybridized carbons (Fsp3) is 0.267. The molecular formula is C15H14Cl2F3N3O2. The summed E-state index contributed by atoms with van der Waals surface area (Å²) in [6.45, 7) is 2.09. The van der Waals surface area contributed by atoms with Gasteiger partial charge >= 0.3 is 12.2 Å². The third-order valence-corrected chi connectivity index (χ3v) is 3.87. The van der Waals surface area contributed by atoms with Crippen LogP contribution in [-0.4, -0.2) is 22.3 Å². The summed E-state index contributed by atoms with van der Waals surface area (Å²) < 4.78 is 37.7. The molecule has 0 aliphatic carbocycles. The smallest absolute Gasteiger partial charge is 0.379 e. The lowest BCUT2D eigenvalue weighted by Gasteiger charge is -2.17. The number of aliphatic hydroxyl groups is 1. The number of aliphatic hydroxyl groups excluding tert-OH is 1. The molecular weight excluding hydrogens is 382 g/mol. The van der Waals surface area contributed by atoms with E-state index in [1.165, 1.54) is 0 Å². The van der Waals surface area contributed by atoms with Crippen molar-refractivity contribution in [2.24, 2.45) is 0 Å². The van der Waals surface area contributed by atoms with Crippen molar-refractivity contribution in [3.05, 3.63) is 51.3 Å². The van der Waals surface area contributed by atoms with E-state index >= 15 is 0 Å². The van der Waals surface area contributed by atoms with Crippen molar-refractivity contribution in [2.45, 2.75) is 25.7 Å². The molecule has 1 aromatic heterocycles. The van der Waals surface area contributed by atoms with Gasteiger partial charge in [-0.05, 0) is 36.2 Å². The van der Waals surface area contributed by atoms with Crippen molar-refractivity contribution in [3.8, 4) is 0 Å². The number of aromatic amines is 1. The highest BCUT2D eigenvalue weighted by atomic mass is 35.5. The zero-order valence-electron chi connectivity index (χ0n) is 12.8. The number of nitrogens with one attached hydrogen (secondary N) is 3. The quantitative estimate of drug-likeness (QED) is 0.612. The fourth-order valence-corrected chi connectivity index (χ4v) is 2.67. The average Bonchev–Trinajstić information content (AvgIpc) is 2.92. The molecule has 0 radical (unpaired) electrons. The molecule has 0 saturated heterocycles. The van der Waals surface area contributed by atoms with Crippen molar-refractivity contribution in [2.75, 3.05) is 5.32 Å². The Balaban J connectivity index is 2.07. The Kier molecular flexibility index (Phi) is 5.87. The summed E-state index contributed by atoms with van der Waals surface area (Å²) in [5, 5.41) is 13.7. The number of aromatic nitrogens is 1. The van der Waals surface area contributed by atoms with Gasteiger partial charge in [0.25, 0.3) is 0 Å². The molecule has 5 nitrogen and oxygen atoms in total. The first-order chi connectivity index (χ1) is 11.6. The second-order valence-electron chi connectivity index (χ2n) is 5.30. The van der Waals surface area contributed by atoms with E-state index in [9.17, 15) is 23.1 Å². The highest BCUT2D eigenvalue weighted by Crippen LogP contribution is 2.38. The van der Waals surface area contributed by atoms with E-state index in [-0.39, 0.29) is 22.3 Å². The van der Waals surface area contributed by atoms with E-state index in [0.29, 0.717) is 0 Å². The molecule has 0 aliphatic heterocycles. The monoisotopic (exact) mass is 395 g/mol. The number of hydrogen-bond acceptors (Lipinski definition) is 2. The van der Waals surface area contributed by atoms with E-state index in [1.54, 1.807) is 6.20 Å². The topological polar surface area (TPSA) is 77.2 Å². The maximum absolute atomic E-state index is 12.6. The highest BCUT2D eigenvalue weighted by molar-refractivity contribution is 6.39. The number of urea groups is 1. The van der Waals surface area contributed by atoms with Crippen LogP contribution in [0.5, 0.6) is 0 Å². The van der Waals surface area contributed by atoms with E-state index in [1.807, 2.05) is 13.0 Å². The van der Waals surface area contributed by atoms with E-state index in [2.05, 4.69) is 15.6 Å². The molecule has 0 saturated carbocycles. The Morgan fingerprint density at radius 1 is 1.28 bits per heavy atom. The fourth-order valence-electron chi connectivity index (χ4n) is 2.07. The van der Waals surface area contributed by atoms with E-state index < -0.39 is 23.9 Å². The molecule has 2 rings (SSSR count). The third kappa shape index (κ3) is 5.04. The lowest BCUT2D eigenvalue weighted by molar-refractivity contribution is -0.206. The summed E-state index contributed by atoms with van der Waals surface area (Å²) in [6.07, 6.45) is -5.85. The number of aryl methyl sites for hydroxylation is 1. The van der Waals surface area contributed by atoms with Gasteiger partial charge in [-0.1, -0.05) is 23.2 Å². The number of hydrogen-bond donors (Lipinski definition) is 4. The van der Waals surface area contributed by atoms with Crippen LogP contribution < -0.4 is 10.6 Å². The summed E-state index contributed by atoms with van der Waals surface area (Å²) in [6, 6.07) is 3.01. The van der Waals surface area contributed by atoms with Gasteiger partial charge in [0.05, 0.1) is 15.7 Å². The number of alkyl halides is 3. The highest BCUT2D eigenvalue weighted by Gasteiger charge is 2.39. The van der Waals surface area contributed by atoms with Crippen molar-refractivity contribution in [1.29, 1.82) is 0 Å². The number of H-pyrrole nitrogens is 1. The number of halogens is 5. The number of amides is 2. The van der Waals surface area contributed by atoms with E-state index in [0.717, 1.165) is 23.4 Å². The summed E-state index contributed by atoms with van der Waals surface area (Å²) in [4.78, 5) is 14.9. The molecule has 0 unspecified atom stereocenters. The molecule has 1 aromatic carbocycles. The van der Waals surface area contributed by atoms with Gasteiger partial charge in [-0.3, -0.25) is 0 Å². The van der Waals surface area contributed by atoms with E-state index in [4.69, 9.17) is 23.2 Å². The first-order valence-corrected chi connectivity index (χ1v) is 7.76. The first kappa shape index (κ1) is 19.4. The molecule has 2 amide bonds. The Bertz CT molecular complexity index is 755. The summed E-state index contributed by atoms with van der Waals surface area (Å²) >= 11 is 11.8. The largest absolute Gasteiger partial charge is 0.418 e. The summed E-state index contributed by atoms with van der Waals surface area (Å²) in [7, 11) is 0. The molecule has 136 valence electrons. The van der Waals surface area contributed by atoms with Gasteiger partial charge in [0.2, 0.25) is 0 Å². The molecule has 1 heterocycles. The predicted octanol–water partition coefficient (Wildman–Crippen LogP) is 4.55. The number of carbonyl (C=O) groups is 1. The molecule has 0 fully saturated rings. The summed E-state index contributed by atoms with van der Waals surface area (Å²) in [5.74, 6) is 0. The second kappa shape index (κ2) is 7.55. The van der Waals surface area contributed by atoms with Gasteiger partial charge in [-0.2, -0.15) is 13.2 Å². The molecule has 4 N–H and O–H groups in total. The van der Waals surface area contributed by atoms with Crippen LogP contribution in [0.25, 0.3) is 0 Å². The zero-order valence-corrected chi connectivity index (χ0v) is 14.4. The maximum Gasteiger partial charge on any atom is 0.418 e. The minimum absolute atomic E-state index is 0.0517. The van der Waals surface area contributed by atoms with Crippen LogP contribution in [0.1, 0.15) is 22.9 Å². The van der Waals surface area contributed by atoms with Crippen LogP contribution in [0.2, 0.25) is 10.0 Å². The second-order valence-corrected chi connectivity index (χ2v) is 6.12. The molecule has 1 atom stereocenters. The standard InChI is InChI=1S/C15H14Cl2F3N3O2/c1-7-2-8(5-21-7)6-22-14(25)23-12-10(16)3-9(4-11(12)17)13(24)15(18,19)20/h2-5,13,21,24H,6H2,1H3,(H2,22,23,25)/t13-/m1/s1. The van der Waals surface area contributed by atoms with Gasteiger partial charge in [0.15, 0.2) is 6.10 Å². The van der Waals surface area contributed by atoms with Crippen molar-refractivity contribution in [3.63, 3.8) is 0 Å². The van der Waals surface area contributed by atoms with Crippen LogP contribution in [-0.2, 0) is 6.54 Å². The summed E-state index contributed by atoms with van der Waals surface area (Å²) in [5.41, 5.74) is 1.20. The van der Waals surface area contributed by atoms with Crippen LogP contribution >= 0.6 is 23.2 Å². The van der Waals surface area contributed by atoms with Crippen molar-refractivity contribution >= 4 is 34.9 Å². The molecule has 10 heteroatoms. The Labute approximate surface area is 151 Å². The van der Waals surface area contributed by atoms with Gasteiger partial charge in [0, 0.05) is 18.4 Å². The Morgan fingerprint density at radius 2 is 1.88 bits per heavy atom. The lowest BCUT2D eigenvalue weighted by Crippen LogP contribution is -2.28. The zero-order chi connectivity index (χ0) is 18.8. The maximum atomic E-state index is 12.6. The first-order valence-electron chi connectivity index (χ1n) is 7.00. The molecule has 0 bridgehead atoms. The van der Waals surface area contributed by atoms with Crippen LogP contribution in [0.3, 0.4) is 0 Å². The Morgan fingerprint density at radius 3 is 2.36 bits per heavy atom. The average molecular weight is 396 g/mol. The molecule has 0 aliphatic rings. The minimum Gasteiger partial charge on any atom is -0.379 e. The van der Waals surface area contributed by atoms with Gasteiger partial charge in [0.1, 0.15) is 0 Å². The van der Waals surface area contributed by atoms with Crippen LogP contribution in [0.4, 0.5) is 23.7 Å². The van der Waals surface area contributed by atoms with Crippen molar-refractivity contribution < 1.29 is 23.1 Å². The third-order valence-electron chi connectivity index (χ3n) is 3.27. The molecule has 25 heavy (non-hydrogen) atoms. The minimum atomic E-state index is -4.85. The number of anilines is 1. The normalized spacial score (nSPS) is 12.8.